The van der Waals surface area contributed by atoms with Gasteiger partial charge in [0, 0.05) is 30.2 Å². The lowest BCUT2D eigenvalue weighted by molar-refractivity contribution is -0.150. The number of carboxylic acid groups (broad SMARTS) is 1. The summed E-state index contributed by atoms with van der Waals surface area (Å²) in [7, 11) is -3.04. The van der Waals surface area contributed by atoms with Gasteiger partial charge in [0.05, 0.1) is 0 Å². The van der Waals surface area contributed by atoms with Crippen molar-refractivity contribution in [3.63, 3.8) is 0 Å². The summed E-state index contributed by atoms with van der Waals surface area (Å²) in [6, 6.07) is -0.945. The van der Waals surface area contributed by atoms with Gasteiger partial charge in [0.25, 0.3) is 19.2 Å². The van der Waals surface area contributed by atoms with Crippen LogP contribution in [0, 0.1) is 0 Å². The second-order valence-electron chi connectivity index (χ2n) is 6.90. The Morgan fingerprint density at radius 2 is 2.23 bits per heavy atom. The van der Waals surface area contributed by atoms with E-state index < -0.39 is 36.6 Å². The number of carbonyl (C=O) groups excluding carboxylic acids is 2. The van der Waals surface area contributed by atoms with Gasteiger partial charge in [0.15, 0.2) is 10.8 Å². The minimum absolute atomic E-state index is 0.0315. The number of aromatic nitrogens is 1. The van der Waals surface area contributed by atoms with Crippen molar-refractivity contribution in [3.05, 3.63) is 22.3 Å². The molecule has 2 aliphatic heterocycles. The van der Waals surface area contributed by atoms with Gasteiger partial charge >= 0.3 is 5.97 Å². The normalized spacial score (nSPS) is 21.5. The van der Waals surface area contributed by atoms with E-state index in [2.05, 4.69) is 15.5 Å². The number of nitrogens with zero attached hydrogens (tertiary/aromatic N) is 3. The van der Waals surface area contributed by atoms with E-state index in [0.29, 0.717) is 17.1 Å². The molecule has 0 aliphatic carbocycles. The highest BCUT2D eigenvalue weighted by atomic mass is 32.2. The molecule has 1 saturated heterocycles. The van der Waals surface area contributed by atoms with E-state index in [1.807, 2.05) is 6.26 Å². The molecule has 2 aliphatic rings. The van der Waals surface area contributed by atoms with Crippen LogP contribution in [0.2, 0.25) is 0 Å². The average molecular weight is 506 g/mol. The van der Waals surface area contributed by atoms with Crippen molar-refractivity contribution in [3.8, 4) is 0 Å². The number of nitrogens with one attached hydrogen (secondary N) is 1. The van der Waals surface area contributed by atoms with Crippen molar-refractivity contribution >= 4 is 70.9 Å². The van der Waals surface area contributed by atoms with Crippen LogP contribution in [0.4, 0.5) is 5.13 Å². The quantitative estimate of drug-likeness (QED) is 0.202. The lowest BCUT2D eigenvalue weighted by atomic mass is 10.0. The van der Waals surface area contributed by atoms with Crippen LogP contribution in [-0.2, 0) is 23.6 Å². The standard InChI is InChI=1S/C16H20N5O6PS3/c1-28(2,26)27-20-9(8-6-31-16(17)18-8)12(22)19-10-13(23)21-11(15(24)25)7(4-29-3)5-30-14(10)21/h6,10,14H,4-5H2,1-3H3,(H2,17,18)(H,19,22)(H,24,25)/b20-9+/t10-,14-/m1/s1. The van der Waals surface area contributed by atoms with Crippen LogP contribution in [0.25, 0.3) is 0 Å². The average Bonchev–Trinajstić information content (AvgIpc) is 3.10. The highest BCUT2D eigenvalue weighted by molar-refractivity contribution is 8.00. The Morgan fingerprint density at radius 1 is 1.52 bits per heavy atom. The third-order valence-corrected chi connectivity index (χ3v) is 7.29. The highest BCUT2D eigenvalue weighted by Gasteiger charge is 2.54. The van der Waals surface area contributed by atoms with E-state index in [9.17, 15) is 24.1 Å². The molecule has 15 heteroatoms. The first-order valence-electron chi connectivity index (χ1n) is 8.76. The Kier molecular flexibility index (Phi) is 7.04. The van der Waals surface area contributed by atoms with Crippen molar-refractivity contribution in [1.29, 1.82) is 0 Å². The van der Waals surface area contributed by atoms with Gasteiger partial charge in [-0.1, -0.05) is 5.16 Å². The fourth-order valence-electron chi connectivity index (χ4n) is 2.92. The second-order valence-corrected chi connectivity index (χ2v) is 12.4. The molecular formula is C16H20N5O6PS3. The van der Waals surface area contributed by atoms with Crippen LogP contribution in [0.15, 0.2) is 21.8 Å². The fraction of sp³-hybridized carbons (Fsp3) is 0.438. The number of nitrogen functional groups attached to an aromatic ring is 1. The molecule has 0 aromatic carbocycles. The molecule has 4 N–H and O–H groups in total. The summed E-state index contributed by atoms with van der Waals surface area (Å²) in [5, 5.41) is 17.0. The maximum Gasteiger partial charge on any atom is 0.352 e. The van der Waals surface area contributed by atoms with Gasteiger partial charge in [-0.3, -0.25) is 19.1 Å². The third-order valence-electron chi connectivity index (χ3n) is 4.16. The molecule has 2 atom stereocenters. The molecule has 31 heavy (non-hydrogen) atoms. The number of fused-ring (bicyclic) bond motifs is 1. The van der Waals surface area contributed by atoms with E-state index in [1.54, 1.807) is 0 Å². The number of amides is 2. The molecule has 168 valence electrons. The Bertz CT molecular complexity index is 1030. The zero-order valence-electron chi connectivity index (χ0n) is 16.7. The first-order valence-corrected chi connectivity index (χ1v) is 14.6. The van der Waals surface area contributed by atoms with Crippen LogP contribution >= 0.6 is 42.2 Å². The van der Waals surface area contributed by atoms with E-state index >= 15 is 0 Å². The third kappa shape index (κ3) is 5.08. The lowest BCUT2D eigenvalue weighted by Crippen LogP contribution is -2.71. The smallest absolute Gasteiger partial charge is 0.352 e. The molecule has 0 spiro atoms. The molecule has 3 rings (SSSR count). The van der Waals surface area contributed by atoms with Crippen molar-refractivity contribution in [1.82, 2.24) is 15.2 Å². The molecule has 1 fully saturated rings. The molecule has 1 aromatic rings. The number of oxime groups is 1. The van der Waals surface area contributed by atoms with Gasteiger partial charge in [-0.15, -0.1) is 23.1 Å². The van der Waals surface area contributed by atoms with Gasteiger partial charge in [-0.05, 0) is 11.8 Å². The zero-order valence-corrected chi connectivity index (χ0v) is 20.1. The van der Waals surface area contributed by atoms with E-state index in [1.165, 1.54) is 47.1 Å². The molecule has 3 heterocycles. The van der Waals surface area contributed by atoms with Crippen LogP contribution in [0.1, 0.15) is 5.69 Å². The van der Waals surface area contributed by atoms with Crippen molar-refractivity contribution in [2.45, 2.75) is 11.4 Å². The summed E-state index contributed by atoms with van der Waals surface area (Å²) in [5.74, 6) is -1.55. The predicted molar refractivity (Wildman–Crippen MR) is 122 cm³/mol. The lowest BCUT2D eigenvalue weighted by Gasteiger charge is -2.49. The molecule has 0 bridgehead atoms. The number of hydrogen-bond acceptors (Lipinski definition) is 11. The number of β-lactam (4-membered cyclic amide) rings is 1. The Labute approximate surface area is 190 Å². The summed E-state index contributed by atoms with van der Waals surface area (Å²) in [6.07, 6.45) is 1.85. The molecule has 1 aromatic heterocycles. The maximum absolute atomic E-state index is 12.9. The molecule has 2 amide bonds. The highest BCUT2D eigenvalue weighted by Crippen LogP contribution is 2.41. The summed E-state index contributed by atoms with van der Waals surface area (Å²) >= 11 is 3.92. The van der Waals surface area contributed by atoms with Crippen LogP contribution in [0.5, 0.6) is 0 Å². The van der Waals surface area contributed by atoms with Crippen LogP contribution < -0.4 is 11.1 Å². The number of thioether (sulfide) groups is 2. The number of carbonyl (C=O) groups is 3. The number of anilines is 1. The minimum Gasteiger partial charge on any atom is -0.477 e. The first kappa shape index (κ1) is 23.6. The number of aliphatic carboxylic acids is 1. The van der Waals surface area contributed by atoms with E-state index in [0.717, 1.165) is 11.3 Å². The number of carboxylic acids is 1. The molecular weight excluding hydrogens is 485 g/mol. The van der Waals surface area contributed by atoms with Gasteiger partial charge in [0.2, 0.25) is 0 Å². The molecule has 0 saturated carbocycles. The Balaban J connectivity index is 1.82. The Hall–Kier alpha value is -2.02. The van der Waals surface area contributed by atoms with Gasteiger partial charge < -0.3 is 20.8 Å². The minimum atomic E-state index is -3.04. The topological polar surface area (TPSA) is 164 Å². The van der Waals surface area contributed by atoms with Crippen molar-refractivity contribution in [2.24, 2.45) is 5.16 Å². The summed E-state index contributed by atoms with van der Waals surface area (Å²) in [4.78, 5) is 42.5. The number of rotatable bonds is 8. The number of hydrogen-bond donors (Lipinski definition) is 3. The number of nitrogens with two attached hydrogens (primary N) is 1. The summed E-state index contributed by atoms with van der Waals surface area (Å²) in [6.45, 7) is 2.67. The largest absolute Gasteiger partial charge is 0.477 e. The van der Waals surface area contributed by atoms with Gasteiger partial charge in [-0.25, -0.2) is 9.78 Å². The molecule has 11 nitrogen and oxygen atoms in total. The van der Waals surface area contributed by atoms with Crippen molar-refractivity contribution < 1.29 is 28.7 Å². The fourth-order valence-corrected chi connectivity index (χ4v) is 5.81. The number of thiazole rings is 1. The van der Waals surface area contributed by atoms with Gasteiger partial charge in [0.1, 0.15) is 22.8 Å². The van der Waals surface area contributed by atoms with Crippen LogP contribution in [0.3, 0.4) is 0 Å². The summed E-state index contributed by atoms with van der Waals surface area (Å²) in [5.41, 5.74) is 6.09. The van der Waals surface area contributed by atoms with E-state index in [4.69, 9.17) is 10.4 Å². The van der Waals surface area contributed by atoms with E-state index in [-0.39, 0.29) is 22.2 Å². The van der Waals surface area contributed by atoms with Gasteiger partial charge in [-0.2, -0.15) is 11.8 Å². The SMILES string of the molecule is CSCC1=C(C(=O)O)N2C(=O)[C@@H](NC(=O)/C(=N/OP(C)(C)=O)c3csc(N)n3)[C@H]2SC1. The predicted octanol–water partition coefficient (Wildman–Crippen LogP) is 1.09. The first-order chi connectivity index (χ1) is 14.5. The summed E-state index contributed by atoms with van der Waals surface area (Å²) < 4.78 is 16.8. The van der Waals surface area contributed by atoms with Crippen LogP contribution in [-0.4, -0.2) is 81.0 Å². The zero-order chi connectivity index (χ0) is 22.9. The molecule has 0 unspecified atom stereocenters. The second kappa shape index (κ2) is 9.23. The van der Waals surface area contributed by atoms with Crippen molar-refractivity contribution in [2.75, 3.05) is 36.8 Å². The Morgan fingerprint density at radius 3 is 2.77 bits per heavy atom. The monoisotopic (exact) mass is 505 g/mol. The maximum atomic E-state index is 12.9. The molecule has 0 radical (unpaired) electrons.